The van der Waals surface area contributed by atoms with E-state index in [-0.39, 0.29) is 0 Å². The zero-order valence-corrected chi connectivity index (χ0v) is 11.8. The average molecular weight is 262 g/mol. The quantitative estimate of drug-likeness (QED) is 0.306. The topological polar surface area (TPSA) is 35.5 Å². The van der Waals surface area contributed by atoms with Gasteiger partial charge in [-0.25, -0.2) is 4.79 Å². The molecule has 0 saturated heterocycles. The summed E-state index contributed by atoms with van der Waals surface area (Å²) in [5.74, 6) is 0.895. The number of carbonyl (C=O) groups is 1. The van der Waals surface area contributed by atoms with Crippen molar-refractivity contribution >= 4 is 5.97 Å². The van der Waals surface area contributed by atoms with Gasteiger partial charge >= 0.3 is 5.97 Å². The van der Waals surface area contributed by atoms with Crippen LogP contribution in [0, 0.1) is 0 Å². The molecule has 0 aliphatic carbocycles. The van der Waals surface area contributed by atoms with Gasteiger partial charge in [-0.3, -0.25) is 0 Å². The Hall–Kier alpha value is -1.77. The minimum absolute atomic E-state index is 0.385. The lowest BCUT2D eigenvalue weighted by Gasteiger charge is -2.07. The Labute approximate surface area is 115 Å². The summed E-state index contributed by atoms with van der Waals surface area (Å²) in [4.78, 5) is 11.3. The van der Waals surface area contributed by atoms with E-state index in [0.717, 1.165) is 18.8 Å². The van der Waals surface area contributed by atoms with Gasteiger partial charge in [-0.15, -0.1) is 0 Å². The summed E-state index contributed by atoms with van der Waals surface area (Å²) in [5.41, 5.74) is 0.385. The maximum absolute atomic E-state index is 11.3. The molecule has 0 bridgehead atoms. The number of hydrogen-bond acceptors (Lipinski definition) is 3. The maximum Gasteiger partial charge on any atom is 0.338 e. The smallest absolute Gasteiger partial charge is 0.338 e. The van der Waals surface area contributed by atoms with Crippen molar-refractivity contribution < 1.29 is 14.3 Å². The molecule has 104 valence electrons. The summed E-state index contributed by atoms with van der Waals surface area (Å²) in [6, 6.07) is 7.06. The van der Waals surface area contributed by atoms with Crippen molar-refractivity contribution in [3.63, 3.8) is 0 Å². The minimum atomic E-state index is -0.409. The molecule has 1 aromatic rings. The molecule has 0 saturated carbocycles. The van der Waals surface area contributed by atoms with Gasteiger partial charge in [0.05, 0.1) is 6.61 Å². The number of unbranched alkanes of at least 4 members (excludes halogenated alkanes) is 3. The summed E-state index contributed by atoms with van der Waals surface area (Å²) in [7, 11) is 0. The highest BCUT2D eigenvalue weighted by molar-refractivity contribution is 5.88. The van der Waals surface area contributed by atoms with Crippen LogP contribution in [-0.4, -0.2) is 12.6 Å². The normalized spacial score (nSPS) is 10.0. The summed E-state index contributed by atoms with van der Waals surface area (Å²) >= 11 is 0. The highest BCUT2D eigenvalue weighted by Gasteiger charge is 2.05. The molecule has 3 heteroatoms. The molecule has 19 heavy (non-hydrogen) atoms. The first-order valence-corrected chi connectivity index (χ1v) is 6.74. The van der Waals surface area contributed by atoms with E-state index in [2.05, 4.69) is 13.5 Å². The Morgan fingerprint density at radius 1 is 1.11 bits per heavy atom. The van der Waals surface area contributed by atoms with Gasteiger partial charge in [0.1, 0.15) is 11.5 Å². The van der Waals surface area contributed by atoms with Crippen LogP contribution in [0.3, 0.4) is 0 Å². The third kappa shape index (κ3) is 6.09. The molecule has 0 amide bonds. The van der Waals surface area contributed by atoms with Gasteiger partial charge in [0.25, 0.3) is 0 Å². The van der Waals surface area contributed by atoms with Crippen molar-refractivity contribution in [3.05, 3.63) is 36.4 Å². The number of rotatable bonds is 8. The Morgan fingerprint density at radius 2 is 1.74 bits per heavy atom. The van der Waals surface area contributed by atoms with Gasteiger partial charge in [-0.2, -0.15) is 0 Å². The molecule has 0 atom stereocenters. The van der Waals surface area contributed by atoms with Crippen LogP contribution in [0.2, 0.25) is 0 Å². The average Bonchev–Trinajstić information content (AvgIpc) is 2.40. The van der Waals surface area contributed by atoms with E-state index < -0.39 is 5.97 Å². The molecular formula is C16H22O3. The van der Waals surface area contributed by atoms with Crippen molar-refractivity contribution in [3.8, 4) is 11.5 Å². The van der Waals surface area contributed by atoms with E-state index in [0.29, 0.717) is 11.3 Å². The third-order valence-corrected chi connectivity index (χ3v) is 2.65. The van der Waals surface area contributed by atoms with Gasteiger partial charge in [0.15, 0.2) is 0 Å². The van der Waals surface area contributed by atoms with E-state index in [9.17, 15) is 4.79 Å². The Bertz CT molecular complexity index is 407. The van der Waals surface area contributed by atoms with Crippen LogP contribution < -0.4 is 9.47 Å². The Morgan fingerprint density at radius 3 is 2.32 bits per heavy atom. The predicted octanol–water partition coefficient (Wildman–Crippen LogP) is 4.13. The number of esters is 1. The minimum Gasteiger partial charge on any atom is -0.494 e. The first kappa shape index (κ1) is 15.3. The predicted molar refractivity (Wildman–Crippen MR) is 76.5 cm³/mol. The molecule has 0 radical (unpaired) electrons. The van der Waals surface area contributed by atoms with Crippen molar-refractivity contribution in [1.29, 1.82) is 0 Å². The van der Waals surface area contributed by atoms with Gasteiger partial charge in [-0.05, 0) is 37.6 Å². The molecule has 0 N–H and O–H groups in total. The summed E-state index contributed by atoms with van der Waals surface area (Å²) in [6.45, 7) is 8.07. The van der Waals surface area contributed by atoms with Crippen LogP contribution in [0.15, 0.2) is 36.4 Å². The fourth-order valence-electron chi connectivity index (χ4n) is 1.52. The van der Waals surface area contributed by atoms with Gasteiger partial charge in [-0.1, -0.05) is 32.8 Å². The second-order valence-corrected chi connectivity index (χ2v) is 4.55. The summed E-state index contributed by atoms with van der Waals surface area (Å²) in [5, 5.41) is 0. The second-order valence-electron chi connectivity index (χ2n) is 4.55. The molecule has 0 spiro atoms. The highest BCUT2D eigenvalue weighted by Crippen LogP contribution is 2.18. The monoisotopic (exact) mass is 262 g/mol. The Balaban J connectivity index is 2.35. The van der Waals surface area contributed by atoms with Crippen molar-refractivity contribution in [1.82, 2.24) is 0 Å². The fourth-order valence-corrected chi connectivity index (χ4v) is 1.52. The van der Waals surface area contributed by atoms with Crippen LogP contribution in [0.4, 0.5) is 0 Å². The molecule has 0 heterocycles. The van der Waals surface area contributed by atoms with Crippen LogP contribution >= 0.6 is 0 Å². The van der Waals surface area contributed by atoms with Gasteiger partial charge < -0.3 is 9.47 Å². The molecule has 3 nitrogen and oxygen atoms in total. The third-order valence-electron chi connectivity index (χ3n) is 2.65. The van der Waals surface area contributed by atoms with Crippen LogP contribution in [0.1, 0.15) is 39.5 Å². The lowest BCUT2D eigenvalue weighted by molar-refractivity contribution is -0.130. The number of carbonyl (C=O) groups excluding carboxylic acids is 1. The molecule has 0 fully saturated rings. The zero-order valence-electron chi connectivity index (χ0n) is 11.8. The molecule has 0 unspecified atom stereocenters. The standard InChI is InChI=1S/C16H22O3/c1-4-5-6-7-12-18-14-8-10-15(11-9-14)19-16(17)13(2)3/h8-11H,2,4-7,12H2,1,3H3. The van der Waals surface area contributed by atoms with Crippen molar-refractivity contribution in [2.45, 2.75) is 39.5 Å². The molecule has 1 rings (SSSR count). The highest BCUT2D eigenvalue weighted by atomic mass is 16.5. The van der Waals surface area contributed by atoms with E-state index in [1.165, 1.54) is 19.3 Å². The van der Waals surface area contributed by atoms with Crippen molar-refractivity contribution in [2.75, 3.05) is 6.61 Å². The zero-order chi connectivity index (χ0) is 14.1. The molecule has 0 aromatic heterocycles. The SMILES string of the molecule is C=C(C)C(=O)Oc1ccc(OCCCCCC)cc1. The number of ether oxygens (including phenoxy) is 2. The summed E-state index contributed by atoms with van der Waals surface area (Å²) < 4.78 is 10.7. The molecule has 0 aliphatic rings. The number of hydrogen-bond donors (Lipinski definition) is 0. The van der Waals surface area contributed by atoms with Crippen LogP contribution in [-0.2, 0) is 4.79 Å². The maximum atomic E-state index is 11.3. The van der Waals surface area contributed by atoms with E-state index >= 15 is 0 Å². The van der Waals surface area contributed by atoms with Gasteiger partial charge in [0.2, 0.25) is 0 Å². The van der Waals surface area contributed by atoms with Crippen LogP contribution in [0.25, 0.3) is 0 Å². The van der Waals surface area contributed by atoms with E-state index in [4.69, 9.17) is 9.47 Å². The van der Waals surface area contributed by atoms with Gasteiger partial charge in [0, 0.05) is 5.57 Å². The van der Waals surface area contributed by atoms with Crippen LogP contribution in [0.5, 0.6) is 11.5 Å². The molecular weight excluding hydrogens is 240 g/mol. The first-order chi connectivity index (χ1) is 9.13. The number of benzene rings is 1. The van der Waals surface area contributed by atoms with E-state index in [1.807, 2.05) is 0 Å². The van der Waals surface area contributed by atoms with Crippen molar-refractivity contribution in [2.24, 2.45) is 0 Å². The Kier molecular flexibility index (Phi) is 6.72. The lowest BCUT2D eigenvalue weighted by Crippen LogP contribution is -2.08. The lowest BCUT2D eigenvalue weighted by atomic mass is 10.2. The second kappa shape index (κ2) is 8.35. The molecule has 0 aliphatic heterocycles. The fraction of sp³-hybridized carbons (Fsp3) is 0.438. The first-order valence-electron chi connectivity index (χ1n) is 6.74. The summed E-state index contributed by atoms with van der Waals surface area (Å²) in [6.07, 6.45) is 4.74. The van der Waals surface area contributed by atoms with E-state index in [1.54, 1.807) is 31.2 Å². The largest absolute Gasteiger partial charge is 0.494 e. The molecule has 1 aromatic carbocycles.